The predicted octanol–water partition coefficient (Wildman–Crippen LogP) is 3.89. The standard InChI is InChI=1S/C13H13F2N3S/c1-2-16-13-17-8-7-11(18-13)9-3-5-10(6-4-9)19-12(14)15/h3-8,12H,2H2,1H3,(H,16,17,18). The molecule has 0 spiro atoms. The highest BCUT2D eigenvalue weighted by atomic mass is 32.2. The Morgan fingerprint density at radius 2 is 1.95 bits per heavy atom. The van der Waals surface area contributed by atoms with Crippen molar-refractivity contribution in [3.8, 4) is 11.3 Å². The van der Waals surface area contributed by atoms with Crippen molar-refractivity contribution in [1.82, 2.24) is 9.97 Å². The maximum atomic E-state index is 12.2. The molecule has 0 fully saturated rings. The molecule has 3 nitrogen and oxygen atoms in total. The van der Waals surface area contributed by atoms with Crippen molar-refractivity contribution >= 4 is 17.7 Å². The lowest BCUT2D eigenvalue weighted by molar-refractivity contribution is 0.252. The fourth-order valence-corrected chi connectivity index (χ4v) is 2.07. The SMILES string of the molecule is CCNc1nccc(-c2ccc(SC(F)F)cc2)n1. The molecule has 0 atom stereocenters. The third-order valence-corrected chi connectivity index (χ3v) is 3.09. The quantitative estimate of drug-likeness (QED) is 0.844. The van der Waals surface area contributed by atoms with Gasteiger partial charge < -0.3 is 5.32 Å². The van der Waals surface area contributed by atoms with Crippen LogP contribution < -0.4 is 5.32 Å². The van der Waals surface area contributed by atoms with Crippen molar-refractivity contribution in [3.05, 3.63) is 36.5 Å². The molecular formula is C13H13F2N3S. The molecule has 0 aliphatic rings. The average molecular weight is 281 g/mol. The fraction of sp³-hybridized carbons (Fsp3) is 0.231. The van der Waals surface area contributed by atoms with Crippen LogP contribution >= 0.6 is 11.8 Å². The number of aromatic nitrogens is 2. The molecule has 2 aromatic rings. The van der Waals surface area contributed by atoms with Gasteiger partial charge in [0.15, 0.2) is 0 Å². The van der Waals surface area contributed by atoms with Crippen molar-refractivity contribution in [3.63, 3.8) is 0 Å². The van der Waals surface area contributed by atoms with Crippen LogP contribution in [0.3, 0.4) is 0 Å². The van der Waals surface area contributed by atoms with Crippen LogP contribution in [0.4, 0.5) is 14.7 Å². The van der Waals surface area contributed by atoms with E-state index >= 15 is 0 Å². The lowest BCUT2D eigenvalue weighted by Gasteiger charge is -2.05. The van der Waals surface area contributed by atoms with Crippen LogP contribution in [0.2, 0.25) is 0 Å². The number of nitrogens with one attached hydrogen (secondary N) is 1. The largest absolute Gasteiger partial charge is 0.354 e. The van der Waals surface area contributed by atoms with Crippen LogP contribution in [0.15, 0.2) is 41.4 Å². The molecule has 2 rings (SSSR count). The molecule has 0 amide bonds. The first-order chi connectivity index (χ1) is 9.19. The van der Waals surface area contributed by atoms with E-state index in [1.807, 2.05) is 6.92 Å². The zero-order valence-electron chi connectivity index (χ0n) is 10.3. The Balaban J connectivity index is 2.19. The molecule has 19 heavy (non-hydrogen) atoms. The lowest BCUT2D eigenvalue weighted by Crippen LogP contribution is -2.02. The summed E-state index contributed by atoms with van der Waals surface area (Å²) in [5, 5.41) is 3.03. The Bertz CT molecular complexity index is 532. The van der Waals surface area contributed by atoms with Crippen molar-refractivity contribution < 1.29 is 8.78 Å². The summed E-state index contributed by atoms with van der Waals surface area (Å²) in [5.74, 6) is -1.84. The minimum Gasteiger partial charge on any atom is -0.354 e. The van der Waals surface area contributed by atoms with Gasteiger partial charge >= 0.3 is 0 Å². The van der Waals surface area contributed by atoms with E-state index in [4.69, 9.17) is 0 Å². The molecule has 1 heterocycles. The van der Waals surface area contributed by atoms with E-state index in [0.29, 0.717) is 22.6 Å². The normalized spacial score (nSPS) is 10.7. The van der Waals surface area contributed by atoms with Crippen molar-refractivity contribution in [2.45, 2.75) is 17.6 Å². The van der Waals surface area contributed by atoms with Crippen LogP contribution in [-0.2, 0) is 0 Å². The van der Waals surface area contributed by atoms with E-state index in [2.05, 4.69) is 15.3 Å². The first-order valence-electron chi connectivity index (χ1n) is 5.81. The molecule has 0 bridgehead atoms. The minimum absolute atomic E-state index is 0.535. The fourth-order valence-electron chi connectivity index (χ4n) is 1.57. The second kappa shape index (κ2) is 6.47. The maximum absolute atomic E-state index is 12.2. The molecule has 1 aromatic heterocycles. The van der Waals surface area contributed by atoms with E-state index in [1.54, 1.807) is 36.5 Å². The van der Waals surface area contributed by atoms with Crippen molar-refractivity contribution in [1.29, 1.82) is 0 Å². The summed E-state index contributed by atoms with van der Waals surface area (Å²) in [7, 11) is 0. The number of hydrogen-bond donors (Lipinski definition) is 1. The van der Waals surface area contributed by atoms with Crippen LogP contribution in [0.1, 0.15) is 6.92 Å². The summed E-state index contributed by atoms with van der Waals surface area (Å²) in [4.78, 5) is 8.97. The van der Waals surface area contributed by atoms with Crippen LogP contribution in [0, 0.1) is 0 Å². The van der Waals surface area contributed by atoms with Gasteiger partial charge in [0, 0.05) is 23.2 Å². The molecule has 0 saturated carbocycles. The van der Waals surface area contributed by atoms with Crippen LogP contribution in [0.25, 0.3) is 11.3 Å². The van der Waals surface area contributed by atoms with Gasteiger partial charge in [-0.25, -0.2) is 9.97 Å². The summed E-state index contributed by atoms with van der Waals surface area (Å²) >= 11 is 0.535. The van der Waals surface area contributed by atoms with E-state index in [1.165, 1.54) is 0 Å². The second-order valence-corrected chi connectivity index (χ2v) is 4.76. The zero-order valence-corrected chi connectivity index (χ0v) is 11.1. The van der Waals surface area contributed by atoms with Gasteiger partial charge in [0.25, 0.3) is 5.76 Å². The Morgan fingerprint density at radius 1 is 1.21 bits per heavy atom. The average Bonchev–Trinajstić information content (AvgIpc) is 2.40. The highest BCUT2D eigenvalue weighted by Crippen LogP contribution is 2.27. The summed E-state index contributed by atoms with van der Waals surface area (Å²) in [5.41, 5.74) is 1.64. The Morgan fingerprint density at radius 3 is 2.58 bits per heavy atom. The molecule has 1 aromatic carbocycles. The number of benzene rings is 1. The first kappa shape index (κ1) is 13.7. The zero-order chi connectivity index (χ0) is 13.7. The highest BCUT2D eigenvalue weighted by molar-refractivity contribution is 7.99. The van der Waals surface area contributed by atoms with Gasteiger partial charge in [0.05, 0.1) is 5.69 Å². The second-order valence-electron chi connectivity index (χ2n) is 3.70. The number of thioether (sulfide) groups is 1. The number of anilines is 1. The minimum atomic E-state index is -2.40. The Labute approximate surface area is 114 Å². The summed E-state index contributed by atoms with van der Waals surface area (Å²) < 4.78 is 24.4. The van der Waals surface area contributed by atoms with Crippen LogP contribution in [0.5, 0.6) is 0 Å². The molecule has 0 aliphatic heterocycles. The topological polar surface area (TPSA) is 37.8 Å². The molecule has 6 heteroatoms. The van der Waals surface area contributed by atoms with Crippen molar-refractivity contribution in [2.24, 2.45) is 0 Å². The molecule has 1 N–H and O–H groups in total. The van der Waals surface area contributed by atoms with Gasteiger partial charge in [-0.05, 0) is 25.1 Å². The Kier molecular flexibility index (Phi) is 4.68. The third-order valence-electron chi connectivity index (χ3n) is 2.37. The number of nitrogens with zero attached hydrogens (tertiary/aromatic N) is 2. The van der Waals surface area contributed by atoms with Gasteiger partial charge in [-0.15, -0.1) is 0 Å². The number of halogens is 2. The monoisotopic (exact) mass is 281 g/mol. The van der Waals surface area contributed by atoms with Crippen molar-refractivity contribution in [2.75, 3.05) is 11.9 Å². The maximum Gasteiger partial charge on any atom is 0.288 e. The smallest absolute Gasteiger partial charge is 0.288 e. The number of hydrogen-bond acceptors (Lipinski definition) is 4. The van der Waals surface area contributed by atoms with E-state index in [-0.39, 0.29) is 0 Å². The third kappa shape index (κ3) is 3.89. The molecule has 100 valence electrons. The van der Waals surface area contributed by atoms with Gasteiger partial charge in [-0.3, -0.25) is 0 Å². The van der Waals surface area contributed by atoms with Gasteiger partial charge in [0.2, 0.25) is 5.95 Å². The predicted molar refractivity (Wildman–Crippen MR) is 73.5 cm³/mol. The summed E-state index contributed by atoms with van der Waals surface area (Å²) in [6.07, 6.45) is 1.67. The van der Waals surface area contributed by atoms with Gasteiger partial charge in [0.1, 0.15) is 0 Å². The molecule has 0 aliphatic carbocycles. The highest BCUT2D eigenvalue weighted by Gasteiger charge is 2.06. The summed E-state index contributed by atoms with van der Waals surface area (Å²) in [6, 6.07) is 8.68. The molecule has 0 radical (unpaired) electrons. The van der Waals surface area contributed by atoms with E-state index in [9.17, 15) is 8.78 Å². The summed E-state index contributed by atoms with van der Waals surface area (Å²) in [6.45, 7) is 2.71. The lowest BCUT2D eigenvalue weighted by atomic mass is 10.1. The number of alkyl halides is 2. The van der Waals surface area contributed by atoms with E-state index in [0.717, 1.165) is 17.8 Å². The molecule has 0 unspecified atom stereocenters. The van der Waals surface area contributed by atoms with Gasteiger partial charge in [-0.1, -0.05) is 23.9 Å². The van der Waals surface area contributed by atoms with Gasteiger partial charge in [-0.2, -0.15) is 8.78 Å². The molecular weight excluding hydrogens is 268 g/mol. The van der Waals surface area contributed by atoms with Crippen LogP contribution in [-0.4, -0.2) is 22.3 Å². The molecule has 0 saturated heterocycles. The Hall–Kier alpha value is -1.69. The first-order valence-corrected chi connectivity index (χ1v) is 6.69. The number of rotatable bonds is 5. The van der Waals surface area contributed by atoms with E-state index < -0.39 is 5.76 Å².